The van der Waals surface area contributed by atoms with Crippen molar-refractivity contribution in [2.24, 2.45) is 0 Å². The van der Waals surface area contributed by atoms with Crippen LogP contribution >= 0.6 is 0 Å². The van der Waals surface area contributed by atoms with Crippen LogP contribution in [0.2, 0.25) is 0 Å². The summed E-state index contributed by atoms with van der Waals surface area (Å²) in [6.45, 7) is 18.8. The first-order valence-electron chi connectivity index (χ1n) is 10.3. The molecule has 0 bridgehead atoms. The lowest BCUT2D eigenvalue weighted by Crippen LogP contribution is -2.41. The Morgan fingerprint density at radius 2 is 1.07 bits per heavy atom. The molecule has 1 aromatic carbocycles. The second kappa shape index (κ2) is 7.02. The molecule has 2 aliphatic heterocycles. The van der Waals surface area contributed by atoms with Crippen LogP contribution in [-0.2, 0) is 18.6 Å². The lowest BCUT2D eigenvalue weighted by atomic mass is 9.61. The molecule has 28 heavy (non-hydrogen) atoms. The number of allylic oxidation sites excluding steroid dienone is 1. The van der Waals surface area contributed by atoms with Crippen LogP contribution in [0.4, 0.5) is 0 Å². The molecular weight excluding hydrogens is 350 g/mol. The zero-order chi connectivity index (χ0) is 21.0. The van der Waals surface area contributed by atoms with Crippen LogP contribution in [0.15, 0.2) is 35.8 Å². The third-order valence-electron chi connectivity index (χ3n) is 6.84. The summed E-state index contributed by atoms with van der Waals surface area (Å²) in [6.07, 6.45) is 0.783. The molecule has 6 heteroatoms. The van der Waals surface area contributed by atoms with Gasteiger partial charge in [0.2, 0.25) is 0 Å². The smallest absolute Gasteiger partial charge is 0.400 e. The number of hydrogen-bond donors (Lipinski definition) is 0. The zero-order valence-electron chi connectivity index (χ0n) is 18.9. The average Bonchev–Trinajstić information content (AvgIpc) is 2.92. The van der Waals surface area contributed by atoms with Crippen molar-refractivity contribution >= 4 is 19.7 Å². The van der Waals surface area contributed by atoms with Crippen molar-refractivity contribution in [3.8, 4) is 0 Å². The summed E-state index contributed by atoms with van der Waals surface area (Å²) in [7, 11) is -0.898. The molecule has 4 nitrogen and oxygen atoms in total. The second-order valence-corrected chi connectivity index (χ2v) is 9.83. The van der Waals surface area contributed by atoms with E-state index in [2.05, 4.69) is 74.4 Å². The van der Waals surface area contributed by atoms with Gasteiger partial charge in [-0.1, -0.05) is 37.3 Å². The van der Waals surface area contributed by atoms with Crippen LogP contribution in [0.1, 0.15) is 74.3 Å². The van der Waals surface area contributed by atoms with Gasteiger partial charge in [0.15, 0.2) is 0 Å². The molecule has 0 N–H and O–H groups in total. The maximum absolute atomic E-state index is 6.44. The molecule has 1 aromatic rings. The fraction of sp³-hybridized carbons (Fsp3) is 0.636. The summed E-state index contributed by atoms with van der Waals surface area (Å²) < 4.78 is 25.7. The standard InChI is InChI=1S/C22H34B2O4/c1-10-17(23-25-19(2,3)20(4,5)26-23)18(16-14-12-11-13-15-16)24-27-21(6,7)22(8,9)28-24/h11-15H,10H2,1-9H3/b18-17-. The maximum atomic E-state index is 6.44. The predicted octanol–water partition coefficient (Wildman–Crippen LogP) is 5.11. The quantitative estimate of drug-likeness (QED) is 0.676. The highest BCUT2D eigenvalue weighted by Gasteiger charge is 2.56. The molecular formula is C22H34B2O4. The Labute approximate surface area is 171 Å². The SMILES string of the molecule is CC/C(B1OC(C)(C)C(C)(C)O1)=C(/B1OC(C)(C)C(C)(C)O1)c1ccccc1. The van der Waals surface area contributed by atoms with Gasteiger partial charge in [0, 0.05) is 0 Å². The highest BCUT2D eigenvalue weighted by molar-refractivity contribution is 6.74. The molecule has 2 heterocycles. The van der Waals surface area contributed by atoms with E-state index in [1.54, 1.807) is 0 Å². The summed E-state index contributed by atoms with van der Waals surface area (Å²) in [5, 5.41) is 0. The minimum atomic E-state index is -0.471. The molecule has 0 amide bonds. The molecule has 3 rings (SSSR count). The van der Waals surface area contributed by atoms with Gasteiger partial charge in [-0.15, -0.1) is 0 Å². The Hall–Kier alpha value is -1.07. The van der Waals surface area contributed by atoms with Gasteiger partial charge in [0.25, 0.3) is 0 Å². The lowest BCUT2D eigenvalue weighted by Gasteiger charge is -2.32. The van der Waals surface area contributed by atoms with Crippen molar-refractivity contribution in [2.75, 3.05) is 0 Å². The monoisotopic (exact) mass is 384 g/mol. The molecule has 2 aliphatic rings. The summed E-state index contributed by atoms with van der Waals surface area (Å²) in [5.41, 5.74) is 1.56. The van der Waals surface area contributed by atoms with Crippen LogP contribution in [0.5, 0.6) is 0 Å². The molecule has 0 saturated carbocycles. The van der Waals surface area contributed by atoms with E-state index in [1.807, 2.05) is 18.2 Å². The maximum Gasteiger partial charge on any atom is 0.494 e. The van der Waals surface area contributed by atoms with Gasteiger partial charge < -0.3 is 18.6 Å². The van der Waals surface area contributed by atoms with Gasteiger partial charge in [-0.2, -0.15) is 0 Å². The highest BCUT2D eigenvalue weighted by atomic mass is 16.7. The second-order valence-electron chi connectivity index (χ2n) is 9.83. The third kappa shape index (κ3) is 3.60. The van der Waals surface area contributed by atoms with Crippen LogP contribution in [0.25, 0.3) is 5.47 Å². The van der Waals surface area contributed by atoms with E-state index in [9.17, 15) is 0 Å². The van der Waals surface area contributed by atoms with Crippen molar-refractivity contribution in [3.63, 3.8) is 0 Å². The topological polar surface area (TPSA) is 36.9 Å². The minimum Gasteiger partial charge on any atom is -0.400 e. The Bertz CT molecular complexity index is 721. The zero-order valence-corrected chi connectivity index (χ0v) is 18.9. The fourth-order valence-corrected chi connectivity index (χ4v) is 3.52. The van der Waals surface area contributed by atoms with Crippen molar-refractivity contribution in [1.82, 2.24) is 0 Å². The Kier molecular flexibility index (Phi) is 5.42. The number of hydrogen-bond acceptors (Lipinski definition) is 4. The van der Waals surface area contributed by atoms with Gasteiger partial charge in [-0.05, 0) is 78.3 Å². The van der Waals surface area contributed by atoms with Crippen LogP contribution in [0.3, 0.4) is 0 Å². The summed E-state index contributed by atoms with van der Waals surface area (Å²) in [6, 6.07) is 10.3. The average molecular weight is 384 g/mol. The number of benzene rings is 1. The normalized spacial score (nSPS) is 25.8. The first kappa shape index (κ1) is 21.6. The van der Waals surface area contributed by atoms with E-state index in [1.165, 1.54) is 0 Å². The van der Waals surface area contributed by atoms with Crippen molar-refractivity contribution in [1.29, 1.82) is 0 Å². The number of rotatable bonds is 4. The van der Waals surface area contributed by atoms with E-state index in [0.717, 1.165) is 22.9 Å². The predicted molar refractivity (Wildman–Crippen MR) is 116 cm³/mol. The molecule has 0 aromatic heterocycles. The third-order valence-corrected chi connectivity index (χ3v) is 6.84. The van der Waals surface area contributed by atoms with Gasteiger partial charge in [-0.25, -0.2) is 0 Å². The first-order chi connectivity index (χ1) is 12.8. The van der Waals surface area contributed by atoms with Gasteiger partial charge in [0.05, 0.1) is 22.4 Å². The summed E-state index contributed by atoms with van der Waals surface area (Å²) in [4.78, 5) is 0. The molecule has 2 saturated heterocycles. The van der Waals surface area contributed by atoms with Crippen molar-refractivity contribution < 1.29 is 18.6 Å². The van der Waals surface area contributed by atoms with E-state index in [0.29, 0.717) is 0 Å². The largest absolute Gasteiger partial charge is 0.494 e. The van der Waals surface area contributed by atoms with Crippen LogP contribution in [-0.4, -0.2) is 36.6 Å². The molecule has 152 valence electrons. The van der Waals surface area contributed by atoms with E-state index in [-0.39, 0.29) is 0 Å². The molecule has 0 aliphatic carbocycles. The van der Waals surface area contributed by atoms with E-state index >= 15 is 0 Å². The Balaban J connectivity index is 2.11. The highest BCUT2D eigenvalue weighted by Crippen LogP contribution is 2.44. The molecule has 0 spiro atoms. The molecule has 0 unspecified atom stereocenters. The Morgan fingerprint density at radius 1 is 0.679 bits per heavy atom. The lowest BCUT2D eigenvalue weighted by molar-refractivity contribution is 0.00578. The summed E-state index contributed by atoms with van der Waals surface area (Å²) in [5.74, 6) is 0. The first-order valence-corrected chi connectivity index (χ1v) is 10.3. The van der Waals surface area contributed by atoms with E-state index in [4.69, 9.17) is 18.6 Å². The van der Waals surface area contributed by atoms with Crippen LogP contribution < -0.4 is 0 Å². The van der Waals surface area contributed by atoms with E-state index < -0.39 is 36.6 Å². The van der Waals surface area contributed by atoms with Gasteiger partial charge in [-0.3, -0.25) is 0 Å². The minimum absolute atomic E-state index is 0.393. The fourth-order valence-electron chi connectivity index (χ4n) is 3.52. The van der Waals surface area contributed by atoms with Crippen molar-refractivity contribution in [2.45, 2.75) is 91.1 Å². The molecule has 2 fully saturated rings. The Morgan fingerprint density at radius 3 is 1.46 bits per heavy atom. The van der Waals surface area contributed by atoms with Gasteiger partial charge in [0.1, 0.15) is 0 Å². The van der Waals surface area contributed by atoms with Gasteiger partial charge >= 0.3 is 14.2 Å². The molecule has 0 atom stereocenters. The summed E-state index contributed by atoms with van der Waals surface area (Å²) >= 11 is 0. The molecule has 0 radical (unpaired) electrons. The van der Waals surface area contributed by atoms with Crippen molar-refractivity contribution in [3.05, 3.63) is 41.4 Å². The van der Waals surface area contributed by atoms with Crippen LogP contribution in [0, 0.1) is 0 Å².